The molecule has 7 heteroatoms. The number of alkyl halides is 2. The quantitative estimate of drug-likeness (QED) is 0.327. The second-order valence-electron chi connectivity index (χ2n) is 3.20. The maximum atomic E-state index is 11.7. The smallest absolute Gasteiger partial charge is 0.261 e. The normalized spacial score (nSPS) is 11.1. The van der Waals surface area contributed by atoms with Crippen LogP contribution in [0.25, 0.3) is 6.08 Å². The predicted octanol–water partition coefficient (Wildman–Crippen LogP) is 2.55. The molecular weight excluding hydrogens is 248 g/mol. The second kappa shape index (κ2) is 7.33. The molecule has 0 saturated heterocycles. The predicted molar refractivity (Wildman–Crippen MR) is 59.9 cm³/mol. The minimum Gasteiger partial charge on any atom is -0.468 e. The summed E-state index contributed by atoms with van der Waals surface area (Å²) in [5, 5.41) is 10.1. The van der Waals surface area contributed by atoms with E-state index in [4.69, 9.17) is 4.74 Å². The van der Waals surface area contributed by atoms with Crippen LogP contribution in [0.1, 0.15) is 5.56 Å². The molecular formula is C11H11F2NO4. The number of nitrogens with zero attached hydrogens (tertiary/aromatic N) is 1. The number of rotatable bonds is 7. The van der Waals surface area contributed by atoms with Gasteiger partial charge in [-0.25, -0.2) is 8.78 Å². The summed E-state index contributed by atoms with van der Waals surface area (Å²) in [7, 11) is 0. The number of hydrogen-bond acceptors (Lipinski definition) is 4. The van der Waals surface area contributed by atoms with Gasteiger partial charge in [-0.3, -0.25) is 10.1 Å². The van der Waals surface area contributed by atoms with Gasteiger partial charge in [0.1, 0.15) is 12.4 Å². The van der Waals surface area contributed by atoms with Crippen LogP contribution in [0.2, 0.25) is 0 Å². The van der Waals surface area contributed by atoms with Crippen molar-refractivity contribution in [2.75, 3.05) is 13.4 Å². The molecule has 98 valence electrons. The first kappa shape index (κ1) is 14.0. The zero-order chi connectivity index (χ0) is 13.4. The van der Waals surface area contributed by atoms with Crippen molar-refractivity contribution in [2.24, 2.45) is 0 Å². The molecule has 0 saturated carbocycles. The zero-order valence-electron chi connectivity index (χ0n) is 9.29. The van der Waals surface area contributed by atoms with Crippen molar-refractivity contribution < 1.29 is 23.2 Å². The maximum absolute atomic E-state index is 11.7. The van der Waals surface area contributed by atoms with E-state index >= 15 is 0 Å². The van der Waals surface area contributed by atoms with Crippen molar-refractivity contribution in [1.29, 1.82) is 0 Å². The van der Waals surface area contributed by atoms with Crippen LogP contribution >= 0.6 is 0 Å². The molecule has 1 aromatic carbocycles. The summed E-state index contributed by atoms with van der Waals surface area (Å²) in [5.74, 6) is 0.384. The summed E-state index contributed by atoms with van der Waals surface area (Å²) < 4.78 is 33.1. The van der Waals surface area contributed by atoms with Crippen molar-refractivity contribution in [1.82, 2.24) is 0 Å². The van der Waals surface area contributed by atoms with E-state index in [9.17, 15) is 18.9 Å². The van der Waals surface area contributed by atoms with Gasteiger partial charge in [0, 0.05) is 6.08 Å². The third kappa shape index (κ3) is 5.90. The van der Waals surface area contributed by atoms with Crippen LogP contribution in [0, 0.1) is 10.1 Å². The van der Waals surface area contributed by atoms with Gasteiger partial charge in [0.05, 0.1) is 4.92 Å². The molecule has 0 bridgehead atoms. The molecule has 18 heavy (non-hydrogen) atoms. The maximum Gasteiger partial charge on any atom is 0.261 e. The number of nitro groups is 1. The van der Waals surface area contributed by atoms with E-state index in [0.29, 0.717) is 11.3 Å². The van der Waals surface area contributed by atoms with E-state index in [-0.39, 0.29) is 6.79 Å². The molecule has 1 aromatic rings. The number of benzene rings is 1. The minimum atomic E-state index is -2.54. The Bertz CT molecular complexity index is 423. The lowest BCUT2D eigenvalue weighted by Gasteiger charge is -2.07. The molecule has 0 N–H and O–H groups in total. The Hall–Kier alpha value is -2.02. The fourth-order valence-electron chi connectivity index (χ4n) is 1.10. The zero-order valence-corrected chi connectivity index (χ0v) is 9.29. The number of ether oxygens (including phenoxy) is 2. The average molecular weight is 259 g/mol. The van der Waals surface area contributed by atoms with E-state index in [1.165, 1.54) is 12.1 Å². The topological polar surface area (TPSA) is 61.6 Å². The first-order valence-electron chi connectivity index (χ1n) is 4.98. The molecule has 0 aromatic heterocycles. The third-order valence-electron chi connectivity index (χ3n) is 1.80. The van der Waals surface area contributed by atoms with Gasteiger partial charge in [-0.15, -0.1) is 0 Å². The van der Waals surface area contributed by atoms with Gasteiger partial charge in [-0.05, 0) is 17.7 Å². The Kier molecular flexibility index (Phi) is 5.72. The Balaban J connectivity index is 2.47. The SMILES string of the molecule is O=[N+]([O-])/C=C/c1cccc(OCOCC(F)F)c1. The van der Waals surface area contributed by atoms with Gasteiger partial charge in [-0.2, -0.15) is 0 Å². The first-order valence-corrected chi connectivity index (χ1v) is 4.98. The van der Waals surface area contributed by atoms with Gasteiger partial charge in [-0.1, -0.05) is 12.1 Å². The van der Waals surface area contributed by atoms with Crippen LogP contribution in [0.3, 0.4) is 0 Å². The highest BCUT2D eigenvalue weighted by Crippen LogP contribution is 2.14. The van der Waals surface area contributed by atoms with E-state index in [0.717, 1.165) is 6.20 Å². The van der Waals surface area contributed by atoms with Gasteiger partial charge in [0.15, 0.2) is 6.79 Å². The van der Waals surface area contributed by atoms with Crippen molar-refractivity contribution in [3.63, 3.8) is 0 Å². The Labute approximate surface area is 102 Å². The number of hydrogen-bond donors (Lipinski definition) is 0. The van der Waals surface area contributed by atoms with Gasteiger partial charge < -0.3 is 9.47 Å². The fourth-order valence-corrected chi connectivity index (χ4v) is 1.10. The molecule has 0 heterocycles. The van der Waals surface area contributed by atoms with E-state index in [1.807, 2.05) is 0 Å². The summed E-state index contributed by atoms with van der Waals surface area (Å²) in [5.41, 5.74) is 0.568. The molecule has 0 aliphatic carbocycles. The molecule has 0 fully saturated rings. The molecule has 5 nitrogen and oxygen atoms in total. The van der Waals surface area contributed by atoms with Gasteiger partial charge in [0.2, 0.25) is 6.20 Å². The number of halogens is 2. The van der Waals surface area contributed by atoms with Gasteiger partial charge >= 0.3 is 0 Å². The molecule has 0 spiro atoms. The van der Waals surface area contributed by atoms with Crippen molar-refractivity contribution in [2.45, 2.75) is 6.43 Å². The summed E-state index contributed by atoms with van der Waals surface area (Å²) in [6.07, 6.45) is -0.442. The monoisotopic (exact) mass is 259 g/mol. The Morgan fingerprint density at radius 2 is 2.22 bits per heavy atom. The van der Waals surface area contributed by atoms with Crippen molar-refractivity contribution >= 4 is 6.08 Å². The largest absolute Gasteiger partial charge is 0.468 e. The lowest BCUT2D eigenvalue weighted by atomic mass is 10.2. The molecule has 0 atom stereocenters. The minimum absolute atomic E-state index is 0.299. The van der Waals surface area contributed by atoms with Crippen LogP contribution < -0.4 is 4.74 Å². The molecule has 1 rings (SSSR count). The van der Waals surface area contributed by atoms with E-state index in [2.05, 4.69) is 4.74 Å². The summed E-state index contributed by atoms with van der Waals surface area (Å²) in [6, 6.07) is 6.40. The van der Waals surface area contributed by atoms with E-state index in [1.54, 1.807) is 18.2 Å². The second-order valence-corrected chi connectivity index (χ2v) is 3.20. The van der Waals surface area contributed by atoms with E-state index < -0.39 is 18.0 Å². The Morgan fingerprint density at radius 3 is 2.89 bits per heavy atom. The molecule has 0 unspecified atom stereocenters. The molecule has 0 aliphatic rings. The summed E-state index contributed by atoms with van der Waals surface area (Å²) in [4.78, 5) is 9.54. The lowest BCUT2D eigenvalue weighted by molar-refractivity contribution is -0.400. The van der Waals surface area contributed by atoms with Crippen LogP contribution in [0.4, 0.5) is 8.78 Å². The van der Waals surface area contributed by atoms with Crippen LogP contribution in [-0.2, 0) is 4.74 Å². The molecule has 0 amide bonds. The highest BCUT2D eigenvalue weighted by atomic mass is 19.3. The lowest BCUT2D eigenvalue weighted by Crippen LogP contribution is -2.09. The fraction of sp³-hybridized carbons (Fsp3) is 0.273. The van der Waals surface area contributed by atoms with Crippen LogP contribution in [0.5, 0.6) is 5.75 Å². The van der Waals surface area contributed by atoms with Crippen LogP contribution in [-0.4, -0.2) is 24.7 Å². The molecule has 0 radical (unpaired) electrons. The summed E-state index contributed by atoms with van der Waals surface area (Å²) >= 11 is 0. The van der Waals surface area contributed by atoms with Gasteiger partial charge in [0.25, 0.3) is 6.43 Å². The highest BCUT2D eigenvalue weighted by molar-refractivity contribution is 5.50. The third-order valence-corrected chi connectivity index (χ3v) is 1.80. The van der Waals surface area contributed by atoms with Crippen LogP contribution in [0.15, 0.2) is 30.5 Å². The Morgan fingerprint density at radius 1 is 1.44 bits per heavy atom. The standard InChI is InChI=1S/C11H11F2NO4/c12-11(13)7-17-8-18-10-3-1-2-9(6-10)4-5-14(15)16/h1-6,11H,7-8H2/b5-4+. The first-order chi connectivity index (χ1) is 8.58. The highest BCUT2D eigenvalue weighted by Gasteiger charge is 2.02. The average Bonchev–Trinajstić information content (AvgIpc) is 2.32. The van der Waals surface area contributed by atoms with Crippen molar-refractivity contribution in [3.05, 3.63) is 46.1 Å². The molecule has 0 aliphatic heterocycles. The van der Waals surface area contributed by atoms with Crippen molar-refractivity contribution in [3.8, 4) is 5.75 Å². The summed E-state index contributed by atoms with van der Waals surface area (Å²) in [6.45, 7) is -0.992.